The molecule has 0 aliphatic carbocycles. The highest BCUT2D eigenvalue weighted by atomic mass is 35.7. The molecule has 0 aliphatic heterocycles. The van der Waals surface area contributed by atoms with Gasteiger partial charge in [-0.2, -0.15) is 0 Å². The minimum Gasteiger partial charge on any atom is -0.482 e. The molecule has 0 unspecified atom stereocenters. The molecular weight excluding hydrogens is 464 g/mol. The fraction of sp³-hybridized carbons (Fsp3) is 0.381. The Bertz CT molecular complexity index is 1150. The molecule has 2 rings (SSSR count). The third-order valence-corrected chi connectivity index (χ3v) is 7.70. The molecule has 0 fully saturated rings. The van der Waals surface area contributed by atoms with Crippen molar-refractivity contribution >= 4 is 35.5 Å². The van der Waals surface area contributed by atoms with Gasteiger partial charge in [0.2, 0.25) is 0 Å². The van der Waals surface area contributed by atoms with Crippen LogP contribution in [0.15, 0.2) is 46.2 Å². The van der Waals surface area contributed by atoms with Gasteiger partial charge in [0.1, 0.15) is 12.4 Å². The first-order chi connectivity index (χ1) is 14.3. The molecule has 0 bridgehead atoms. The first-order valence-corrected chi connectivity index (χ1v) is 13.4. The Kier molecular flexibility index (Phi) is 8.13. The van der Waals surface area contributed by atoms with Crippen molar-refractivity contribution in [2.45, 2.75) is 43.4 Å². The van der Waals surface area contributed by atoms with Crippen molar-refractivity contribution in [2.75, 3.05) is 19.0 Å². The van der Waals surface area contributed by atoms with Gasteiger partial charge >= 0.3 is 5.97 Å². The molecule has 0 N–H and O–H groups in total. The number of ether oxygens (including phenoxy) is 2. The second-order valence-corrected chi connectivity index (χ2v) is 12.0. The van der Waals surface area contributed by atoms with E-state index < -0.39 is 31.5 Å². The van der Waals surface area contributed by atoms with Crippen LogP contribution in [0.3, 0.4) is 0 Å². The maximum Gasteiger partial charge on any atom is 0.344 e. The van der Waals surface area contributed by atoms with E-state index in [9.17, 15) is 21.6 Å². The molecule has 7 nitrogen and oxygen atoms in total. The Balaban J connectivity index is 1.98. The predicted octanol–water partition coefficient (Wildman–Crippen LogP) is 3.75. The number of hydrogen-bond donors (Lipinski definition) is 0. The van der Waals surface area contributed by atoms with E-state index in [2.05, 4.69) is 0 Å². The van der Waals surface area contributed by atoms with E-state index in [1.54, 1.807) is 19.1 Å². The zero-order chi connectivity index (χ0) is 23.4. The second kappa shape index (κ2) is 10.0. The van der Waals surface area contributed by atoms with Gasteiger partial charge in [-0.25, -0.2) is 21.6 Å². The summed E-state index contributed by atoms with van der Waals surface area (Å²) in [6.45, 7) is 6.31. The third-order valence-electron chi connectivity index (χ3n) is 4.49. The van der Waals surface area contributed by atoms with Gasteiger partial charge < -0.3 is 9.47 Å². The van der Waals surface area contributed by atoms with Crippen molar-refractivity contribution < 1.29 is 31.1 Å². The van der Waals surface area contributed by atoms with Gasteiger partial charge in [0.05, 0.1) is 15.5 Å². The molecular formula is C21H25ClO7S2. The number of hydrogen-bond acceptors (Lipinski definition) is 7. The Morgan fingerprint density at radius 1 is 1.03 bits per heavy atom. The van der Waals surface area contributed by atoms with Crippen LogP contribution in [0.5, 0.6) is 5.75 Å². The van der Waals surface area contributed by atoms with Crippen molar-refractivity contribution in [3.8, 4) is 5.75 Å². The highest BCUT2D eigenvalue weighted by molar-refractivity contribution is 8.13. The first-order valence-electron chi connectivity index (χ1n) is 9.48. The predicted molar refractivity (Wildman–Crippen MR) is 118 cm³/mol. The largest absolute Gasteiger partial charge is 0.482 e. The summed E-state index contributed by atoms with van der Waals surface area (Å²) in [5, 5.41) is 0. The van der Waals surface area contributed by atoms with Crippen molar-refractivity contribution in [3.63, 3.8) is 0 Å². The highest BCUT2D eigenvalue weighted by Gasteiger charge is 2.22. The molecule has 0 radical (unpaired) electrons. The van der Waals surface area contributed by atoms with Crippen LogP contribution in [0.1, 0.15) is 36.5 Å². The number of sulfone groups is 1. The van der Waals surface area contributed by atoms with Crippen molar-refractivity contribution in [1.29, 1.82) is 0 Å². The van der Waals surface area contributed by atoms with Crippen LogP contribution in [0, 0.1) is 13.8 Å². The van der Waals surface area contributed by atoms with E-state index in [0.29, 0.717) is 11.1 Å². The summed E-state index contributed by atoms with van der Waals surface area (Å²) in [4.78, 5) is 12.1. The van der Waals surface area contributed by atoms with Crippen LogP contribution in [-0.4, -0.2) is 41.8 Å². The summed E-state index contributed by atoms with van der Waals surface area (Å²) in [6, 6.07) is 9.39. The fourth-order valence-corrected chi connectivity index (χ4v) is 5.67. The highest BCUT2D eigenvalue weighted by Crippen LogP contribution is 2.33. The maximum absolute atomic E-state index is 12.3. The molecule has 0 saturated carbocycles. The summed E-state index contributed by atoms with van der Waals surface area (Å²) in [5.41, 5.74) is 1.81. The van der Waals surface area contributed by atoms with Crippen molar-refractivity contribution in [2.24, 2.45) is 0 Å². The van der Waals surface area contributed by atoms with Gasteiger partial charge in [0.15, 0.2) is 16.4 Å². The molecule has 31 heavy (non-hydrogen) atoms. The summed E-state index contributed by atoms with van der Waals surface area (Å²) in [6.07, 6.45) is 0. The molecule has 0 heterocycles. The lowest BCUT2D eigenvalue weighted by Crippen LogP contribution is -2.20. The van der Waals surface area contributed by atoms with Crippen LogP contribution in [-0.2, 0) is 28.4 Å². The van der Waals surface area contributed by atoms with Crippen molar-refractivity contribution in [1.82, 2.24) is 0 Å². The van der Waals surface area contributed by atoms with E-state index in [4.69, 9.17) is 20.2 Å². The molecule has 0 amide bonds. The monoisotopic (exact) mass is 488 g/mol. The quantitative estimate of drug-likeness (QED) is 0.391. The van der Waals surface area contributed by atoms with E-state index in [1.165, 1.54) is 24.3 Å². The molecule has 2 aromatic carbocycles. The van der Waals surface area contributed by atoms with Gasteiger partial charge in [-0.05, 0) is 55.2 Å². The van der Waals surface area contributed by atoms with E-state index in [0.717, 1.165) is 5.56 Å². The average Bonchev–Trinajstić information content (AvgIpc) is 2.65. The zero-order valence-corrected chi connectivity index (χ0v) is 20.1. The molecule has 0 saturated heterocycles. The number of carbonyl (C=O) groups is 1. The normalized spacial score (nSPS) is 12.1. The number of esters is 1. The number of halogens is 1. The lowest BCUT2D eigenvalue weighted by molar-refractivity contribution is -0.145. The van der Waals surface area contributed by atoms with Gasteiger partial charge in [0, 0.05) is 10.7 Å². The minimum absolute atomic E-state index is 0.0282. The number of benzene rings is 2. The van der Waals surface area contributed by atoms with Gasteiger partial charge in [0.25, 0.3) is 9.05 Å². The maximum atomic E-state index is 12.3. The average molecular weight is 489 g/mol. The van der Waals surface area contributed by atoms with E-state index in [1.807, 2.05) is 20.8 Å². The summed E-state index contributed by atoms with van der Waals surface area (Å²) >= 11 is 0. The topological polar surface area (TPSA) is 104 Å². The third kappa shape index (κ3) is 6.95. The molecule has 0 atom stereocenters. The SMILES string of the molecule is Cc1ccc(S(=O)(=O)CCOC(=O)COc2cc(C)c(S(=O)(=O)Cl)c(C(C)C)c2)cc1. The van der Waals surface area contributed by atoms with Crippen LogP contribution in [0.4, 0.5) is 0 Å². The van der Waals surface area contributed by atoms with Crippen LogP contribution in [0.2, 0.25) is 0 Å². The second-order valence-electron chi connectivity index (χ2n) is 7.39. The zero-order valence-electron chi connectivity index (χ0n) is 17.7. The summed E-state index contributed by atoms with van der Waals surface area (Å²) < 4.78 is 58.7. The van der Waals surface area contributed by atoms with Gasteiger partial charge in [-0.3, -0.25) is 0 Å². The lowest BCUT2D eigenvalue weighted by Gasteiger charge is -2.16. The summed E-state index contributed by atoms with van der Waals surface area (Å²) in [7, 11) is -1.96. The Morgan fingerprint density at radius 2 is 1.65 bits per heavy atom. The van der Waals surface area contributed by atoms with Gasteiger partial charge in [-0.1, -0.05) is 31.5 Å². The molecule has 10 heteroatoms. The first kappa shape index (κ1) is 25.2. The fourth-order valence-electron chi connectivity index (χ4n) is 2.92. The number of aryl methyl sites for hydroxylation is 2. The van der Waals surface area contributed by atoms with Crippen LogP contribution in [0.25, 0.3) is 0 Å². The summed E-state index contributed by atoms with van der Waals surface area (Å²) in [5.74, 6) is -0.947. The van der Waals surface area contributed by atoms with E-state index >= 15 is 0 Å². The Morgan fingerprint density at radius 3 is 2.19 bits per heavy atom. The van der Waals surface area contributed by atoms with Crippen LogP contribution >= 0.6 is 10.7 Å². The molecule has 0 aromatic heterocycles. The smallest absolute Gasteiger partial charge is 0.344 e. The van der Waals surface area contributed by atoms with Crippen LogP contribution < -0.4 is 4.74 Å². The standard InChI is InChI=1S/C21H25ClO7S2/c1-14(2)19-12-17(11-16(4)21(19)31(22,26)27)29-13-20(23)28-9-10-30(24,25)18-7-5-15(3)6-8-18/h5-8,11-12,14H,9-10,13H2,1-4H3. The molecule has 0 spiro atoms. The number of carbonyl (C=O) groups excluding carboxylic acids is 1. The molecule has 2 aromatic rings. The Labute approximate surface area is 187 Å². The Hall–Kier alpha value is -2.10. The number of rotatable bonds is 9. The van der Waals surface area contributed by atoms with E-state index in [-0.39, 0.29) is 33.8 Å². The van der Waals surface area contributed by atoms with Gasteiger partial charge in [-0.15, -0.1) is 0 Å². The molecule has 0 aliphatic rings. The molecule has 170 valence electrons. The minimum atomic E-state index is -3.94. The van der Waals surface area contributed by atoms with Crippen molar-refractivity contribution in [3.05, 3.63) is 53.1 Å². The lowest BCUT2D eigenvalue weighted by atomic mass is 10.0.